The van der Waals surface area contributed by atoms with Crippen LogP contribution >= 0.6 is 0 Å². The Labute approximate surface area is 141 Å². The lowest BCUT2D eigenvalue weighted by molar-refractivity contribution is -0.266. The van der Waals surface area contributed by atoms with E-state index in [4.69, 9.17) is 14.0 Å². The van der Waals surface area contributed by atoms with Crippen LogP contribution in [0.5, 0.6) is 5.75 Å². The van der Waals surface area contributed by atoms with Crippen molar-refractivity contribution in [3.05, 3.63) is 29.8 Å². The van der Waals surface area contributed by atoms with Crippen LogP contribution in [0.15, 0.2) is 24.3 Å². The first-order valence-corrected chi connectivity index (χ1v) is 11.2. The molecule has 0 N–H and O–H groups in total. The van der Waals surface area contributed by atoms with Gasteiger partial charge in [-0.15, -0.1) is 0 Å². The summed E-state index contributed by atoms with van der Waals surface area (Å²) in [5, 5.41) is 1.33. The summed E-state index contributed by atoms with van der Waals surface area (Å²) in [5.74, 6) is 0.486. The first kappa shape index (κ1) is 19.2. The van der Waals surface area contributed by atoms with E-state index in [1.165, 1.54) is 36.4 Å². The van der Waals surface area contributed by atoms with Gasteiger partial charge in [-0.1, -0.05) is 12.1 Å². The number of ether oxygens (including phenoxy) is 1. The maximum absolute atomic E-state index is 14.3. The predicted molar refractivity (Wildman–Crippen MR) is 87.0 cm³/mol. The first-order chi connectivity index (χ1) is 10.9. The molecule has 24 heavy (non-hydrogen) atoms. The van der Waals surface area contributed by atoms with Crippen LogP contribution in [0.1, 0.15) is 19.4 Å². The molecule has 1 heterocycles. The zero-order valence-electron chi connectivity index (χ0n) is 14.8. The maximum Gasteiger partial charge on any atom is 0.424 e. The topological polar surface area (TPSA) is 34.0 Å². The van der Waals surface area contributed by atoms with Gasteiger partial charge in [-0.25, -0.2) is 0 Å². The number of benzene rings is 1. The number of halogens is 3. The Kier molecular flexibility index (Phi) is 5.07. The molecule has 1 aromatic carbocycles. The average molecular weight is 363 g/mol. The number of hydrogen-bond donors (Lipinski definition) is 0. The normalized spacial score (nSPS) is 23.9. The van der Waals surface area contributed by atoms with Gasteiger partial charge in [0, 0.05) is 6.04 Å². The van der Waals surface area contributed by atoms with Gasteiger partial charge < -0.3 is 9.16 Å². The Morgan fingerprint density at radius 3 is 2.00 bits per heavy atom. The van der Waals surface area contributed by atoms with Crippen molar-refractivity contribution in [2.75, 3.05) is 7.11 Å². The van der Waals surface area contributed by atoms with Crippen molar-refractivity contribution in [1.82, 2.24) is 5.06 Å². The number of rotatable bonds is 6. The van der Waals surface area contributed by atoms with E-state index in [1.54, 1.807) is 33.5 Å². The highest BCUT2D eigenvalue weighted by Gasteiger charge is 2.71. The maximum atomic E-state index is 14.3. The van der Waals surface area contributed by atoms with Crippen LogP contribution in [0.25, 0.3) is 0 Å². The number of hydroxylamine groups is 2. The molecular formula is C16H24F3NO3Si. The van der Waals surface area contributed by atoms with E-state index >= 15 is 0 Å². The predicted octanol–water partition coefficient (Wildman–Crippen LogP) is 4.29. The molecule has 136 valence electrons. The number of alkyl halides is 3. The summed E-state index contributed by atoms with van der Waals surface area (Å²) < 4.78 is 53.6. The zero-order chi connectivity index (χ0) is 18.3. The van der Waals surface area contributed by atoms with E-state index in [-0.39, 0.29) is 11.6 Å². The molecule has 1 aromatic rings. The largest absolute Gasteiger partial charge is 0.497 e. The van der Waals surface area contributed by atoms with Crippen LogP contribution < -0.4 is 4.74 Å². The standard InChI is InChI=1S/C16H24F3NO3Si/c1-11(2)20-14(22-20)15(16(17,18)19,23-24(4,5)6)12-7-9-13(21-3)10-8-12/h7-11,14H,1-6H3. The molecule has 1 fully saturated rings. The Morgan fingerprint density at radius 1 is 1.12 bits per heavy atom. The van der Waals surface area contributed by atoms with Crippen molar-refractivity contribution in [2.24, 2.45) is 0 Å². The molecule has 8 heteroatoms. The van der Waals surface area contributed by atoms with Gasteiger partial charge in [0.25, 0.3) is 0 Å². The monoisotopic (exact) mass is 363 g/mol. The smallest absolute Gasteiger partial charge is 0.424 e. The SMILES string of the molecule is COc1ccc(C(O[Si](C)(C)C)(C2ON2C(C)C)C(F)(F)F)cc1. The Hall–Kier alpha value is -1.09. The molecule has 3 atom stereocenters. The minimum atomic E-state index is -4.63. The van der Waals surface area contributed by atoms with Gasteiger partial charge in [0.2, 0.25) is 5.60 Å². The molecule has 3 unspecified atom stereocenters. The molecule has 0 aromatic heterocycles. The number of methoxy groups -OCH3 is 1. The fourth-order valence-corrected chi connectivity index (χ4v) is 3.97. The zero-order valence-corrected chi connectivity index (χ0v) is 15.8. The summed E-state index contributed by atoms with van der Waals surface area (Å²) >= 11 is 0. The van der Waals surface area contributed by atoms with Gasteiger partial charge in [-0.05, 0) is 51.2 Å². The molecule has 0 bridgehead atoms. The van der Waals surface area contributed by atoms with Gasteiger partial charge in [0.1, 0.15) is 5.75 Å². The molecule has 0 saturated carbocycles. The lowest BCUT2D eigenvalue weighted by Crippen LogP contribution is -2.55. The highest BCUT2D eigenvalue weighted by molar-refractivity contribution is 6.69. The highest BCUT2D eigenvalue weighted by atomic mass is 28.4. The number of nitrogens with zero attached hydrogens (tertiary/aromatic N) is 1. The summed E-state index contributed by atoms with van der Waals surface area (Å²) in [6.45, 7) is 8.77. The van der Waals surface area contributed by atoms with Crippen LogP contribution in [0.3, 0.4) is 0 Å². The van der Waals surface area contributed by atoms with Gasteiger partial charge in [0.15, 0.2) is 14.5 Å². The molecule has 2 rings (SSSR count). The second-order valence-electron chi connectivity index (χ2n) is 7.09. The fourth-order valence-electron chi connectivity index (χ4n) is 2.67. The molecule has 1 aliphatic rings. The van der Waals surface area contributed by atoms with Gasteiger partial charge in [-0.2, -0.15) is 18.2 Å². The van der Waals surface area contributed by atoms with Gasteiger partial charge in [0.05, 0.1) is 7.11 Å². The highest BCUT2D eigenvalue weighted by Crippen LogP contribution is 2.53. The lowest BCUT2D eigenvalue weighted by atomic mass is 9.91. The van der Waals surface area contributed by atoms with Crippen molar-refractivity contribution >= 4 is 8.32 Å². The molecule has 4 nitrogen and oxygen atoms in total. The van der Waals surface area contributed by atoms with Gasteiger partial charge in [-0.3, -0.25) is 4.84 Å². The second-order valence-corrected chi connectivity index (χ2v) is 11.5. The van der Waals surface area contributed by atoms with E-state index in [9.17, 15) is 13.2 Å². The molecule has 1 saturated heterocycles. The molecule has 0 spiro atoms. The third kappa shape index (κ3) is 3.61. The van der Waals surface area contributed by atoms with Crippen LogP contribution in [-0.2, 0) is 14.9 Å². The lowest BCUT2D eigenvalue weighted by Gasteiger charge is -2.39. The quantitative estimate of drug-likeness (QED) is 0.558. The Morgan fingerprint density at radius 2 is 1.67 bits per heavy atom. The van der Waals surface area contributed by atoms with Crippen LogP contribution in [0, 0.1) is 0 Å². The van der Waals surface area contributed by atoms with E-state index in [1.807, 2.05) is 0 Å². The minimum Gasteiger partial charge on any atom is -0.497 e. The molecule has 0 amide bonds. The molecule has 1 aliphatic heterocycles. The minimum absolute atomic E-state index is 0.0198. The second kappa shape index (κ2) is 6.33. The third-order valence-electron chi connectivity index (χ3n) is 3.67. The molecule has 0 aliphatic carbocycles. The van der Waals surface area contributed by atoms with Gasteiger partial charge >= 0.3 is 6.18 Å². The van der Waals surface area contributed by atoms with Crippen molar-refractivity contribution in [3.8, 4) is 5.75 Å². The van der Waals surface area contributed by atoms with Crippen molar-refractivity contribution in [1.29, 1.82) is 0 Å². The summed E-state index contributed by atoms with van der Waals surface area (Å²) in [5.41, 5.74) is -2.50. The van der Waals surface area contributed by atoms with Crippen molar-refractivity contribution < 1.29 is 27.2 Å². The van der Waals surface area contributed by atoms with Crippen LogP contribution in [-0.4, -0.2) is 38.9 Å². The molecular weight excluding hydrogens is 339 g/mol. The van der Waals surface area contributed by atoms with E-state index in [2.05, 4.69) is 0 Å². The molecule has 0 radical (unpaired) electrons. The van der Waals surface area contributed by atoms with Crippen molar-refractivity contribution in [3.63, 3.8) is 0 Å². The van der Waals surface area contributed by atoms with Crippen LogP contribution in [0.4, 0.5) is 13.2 Å². The van der Waals surface area contributed by atoms with E-state index in [0.29, 0.717) is 5.75 Å². The average Bonchev–Trinajstić information content (AvgIpc) is 3.23. The first-order valence-electron chi connectivity index (χ1n) is 7.79. The summed E-state index contributed by atoms with van der Waals surface area (Å²) in [7, 11) is -1.08. The third-order valence-corrected chi connectivity index (χ3v) is 4.61. The fraction of sp³-hybridized carbons (Fsp3) is 0.625. The Balaban J connectivity index is 2.57. The summed E-state index contributed by atoms with van der Waals surface area (Å²) in [4.78, 5) is 5.31. The summed E-state index contributed by atoms with van der Waals surface area (Å²) in [6.07, 6.45) is -5.83. The van der Waals surface area contributed by atoms with E-state index < -0.39 is 26.3 Å². The Bertz CT molecular complexity index is 571. The summed E-state index contributed by atoms with van der Waals surface area (Å²) in [6, 6.07) is 5.62. The van der Waals surface area contributed by atoms with Crippen molar-refractivity contribution in [2.45, 2.75) is 57.5 Å². The number of hydrogen-bond acceptors (Lipinski definition) is 4. The van der Waals surface area contributed by atoms with Crippen LogP contribution in [0.2, 0.25) is 19.6 Å². The van der Waals surface area contributed by atoms with E-state index in [0.717, 1.165) is 0 Å².